The Hall–Kier alpha value is -3.96. The molecular formula is C20H16Cl2N8O3. The summed E-state index contributed by atoms with van der Waals surface area (Å²) in [5.41, 5.74) is 10.3. The molecule has 0 bridgehead atoms. The van der Waals surface area contributed by atoms with E-state index in [2.05, 4.69) is 35.8 Å². The van der Waals surface area contributed by atoms with E-state index in [1.165, 1.54) is 4.68 Å². The second-order valence-corrected chi connectivity index (χ2v) is 7.48. The van der Waals surface area contributed by atoms with Crippen LogP contribution in [-0.4, -0.2) is 44.0 Å². The van der Waals surface area contributed by atoms with Crippen LogP contribution in [0.1, 0.15) is 23.0 Å². The molecule has 0 fully saturated rings. The van der Waals surface area contributed by atoms with Crippen molar-refractivity contribution in [2.45, 2.75) is 6.92 Å². The molecule has 0 unspecified atom stereocenters. The first-order valence-electron chi connectivity index (χ1n) is 9.37. The van der Waals surface area contributed by atoms with Crippen molar-refractivity contribution in [2.24, 2.45) is 5.10 Å². The summed E-state index contributed by atoms with van der Waals surface area (Å²) in [6.45, 7) is 1.75. The number of nitrogens with two attached hydrogens (primary N) is 1. The number of nitrogens with one attached hydrogen (secondary N) is 1. The van der Waals surface area contributed by atoms with Crippen LogP contribution >= 0.6 is 23.2 Å². The van der Waals surface area contributed by atoms with E-state index in [0.717, 1.165) is 5.56 Å². The molecule has 0 saturated carbocycles. The molecule has 2 aromatic carbocycles. The van der Waals surface area contributed by atoms with Crippen LogP contribution in [0.3, 0.4) is 0 Å². The van der Waals surface area contributed by atoms with Gasteiger partial charge in [-0.2, -0.15) is 9.78 Å². The molecule has 4 rings (SSSR count). The van der Waals surface area contributed by atoms with Gasteiger partial charge < -0.3 is 10.5 Å². The van der Waals surface area contributed by atoms with Crippen LogP contribution in [0.2, 0.25) is 10.0 Å². The topological polar surface area (TPSA) is 146 Å². The minimum absolute atomic E-state index is 0.0402. The summed E-state index contributed by atoms with van der Waals surface area (Å²) in [6.07, 6.45) is 0. The third-order valence-corrected chi connectivity index (χ3v) is 5.35. The maximum absolute atomic E-state index is 13.0. The summed E-state index contributed by atoms with van der Waals surface area (Å²) < 4.78 is 11.0. The van der Waals surface area contributed by atoms with Crippen LogP contribution < -0.4 is 15.9 Å². The lowest BCUT2D eigenvalue weighted by Gasteiger charge is -2.07. The first kappa shape index (κ1) is 22.2. The molecule has 0 aliphatic heterocycles. The zero-order valence-electron chi connectivity index (χ0n) is 17.3. The fraction of sp³-hybridized carbons (Fsp3) is 0.100. The molecule has 0 aliphatic carbocycles. The number of ether oxygens (including phenoxy) is 1. The van der Waals surface area contributed by atoms with Gasteiger partial charge in [0.1, 0.15) is 11.4 Å². The van der Waals surface area contributed by atoms with Gasteiger partial charge in [0, 0.05) is 5.56 Å². The number of carbonyl (C=O) groups is 1. The largest absolute Gasteiger partial charge is 0.497 e. The number of hydrogen-bond donors (Lipinski definition) is 2. The van der Waals surface area contributed by atoms with Crippen molar-refractivity contribution in [3.8, 4) is 22.8 Å². The predicted molar refractivity (Wildman–Crippen MR) is 122 cm³/mol. The minimum Gasteiger partial charge on any atom is -0.497 e. The summed E-state index contributed by atoms with van der Waals surface area (Å²) in [5.74, 6) is 0.104. The Morgan fingerprint density at radius 3 is 2.55 bits per heavy atom. The fourth-order valence-electron chi connectivity index (χ4n) is 2.91. The SMILES string of the molecule is COc1ccc(C(C)=NNC(=O)c2nnn(-c3nonc3N)c2-c2ccc(Cl)c(Cl)c2)cc1. The molecule has 0 radical (unpaired) electrons. The zero-order valence-corrected chi connectivity index (χ0v) is 18.8. The number of hydrogen-bond acceptors (Lipinski definition) is 9. The van der Waals surface area contributed by atoms with Gasteiger partial charge in [0.2, 0.25) is 11.6 Å². The Morgan fingerprint density at radius 1 is 1.15 bits per heavy atom. The smallest absolute Gasteiger partial charge is 0.294 e. The number of rotatable bonds is 6. The van der Waals surface area contributed by atoms with Gasteiger partial charge in [-0.15, -0.1) is 5.10 Å². The zero-order chi connectivity index (χ0) is 23.5. The number of amides is 1. The van der Waals surface area contributed by atoms with Gasteiger partial charge in [-0.25, -0.2) is 10.1 Å². The Balaban J connectivity index is 1.70. The molecule has 2 heterocycles. The number of methoxy groups -OCH3 is 1. The summed E-state index contributed by atoms with van der Waals surface area (Å²) >= 11 is 12.2. The van der Waals surface area contributed by atoms with Gasteiger partial charge in [0.15, 0.2) is 5.69 Å². The van der Waals surface area contributed by atoms with Gasteiger partial charge in [0.25, 0.3) is 5.91 Å². The molecule has 0 atom stereocenters. The lowest BCUT2D eigenvalue weighted by molar-refractivity contribution is 0.0950. The van der Waals surface area contributed by atoms with E-state index < -0.39 is 5.91 Å². The summed E-state index contributed by atoms with van der Waals surface area (Å²) in [7, 11) is 1.58. The van der Waals surface area contributed by atoms with Crippen LogP contribution in [0, 0.1) is 0 Å². The Bertz CT molecular complexity index is 1350. The lowest BCUT2D eigenvalue weighted by atomic mass is 10.1. The third kappa shape index (κ3) is 4.49. The maximum atomic E-state index is 13.0. The molecule has 13 heteroatoms. The molecule has 1 amide bonds. The highest BCUT2D eigenvalue weighted by Crippen LogP contribution is 2.31. The van der Waals surface area contributed by atoms with E-state index in [1.54, 1.807) is 44.4 Å². The quantitative estimate of drug-likeness (QED) is 0.311. The van der Waals surface area contributed by atoms with Crippen molar-refractivity contribution in [1.82, 2.24) is 30.7 Å². The summed E-state index contributed by atoms with van der Waals surface area (Å²) in [6, 6.07) is 12.0. The Morgan fingerprint density at radius 2 is 1.91 bits per heavy atom. The molecule has 0 aliphatic rings. The van der Waals surface area contributed by atoms with Crippen molar-refractivity contribution in [3.63, 3.8) is 0 Å². The van der Waals surface area contributed by atoms with Gasteiger partial charge in [-0.3, -0.25) is 4.79 Å². The molecule has 2 aromatic heterocycles. The van der Waals surface area contributed by atoms with Crippen molar-refractivity contribution < 1.29 is 14.2 Å². The first-order valence-corrected chi connectivity index (χ1v) is 10.1. The van der Waals surface area contributed by atoms with E-state index >= 15 is 0 Å². The molecular weight excluding hydrogens is 471 g/mol. The Kier molecular flexibility index (Phi) is 6.24. The van der Waals surface area contributed by atoms with Crippen LogP contribution in [0.15, 0.2) is 52.2 Å². The first-order chi connectivity index (χ1) is 15.9. The molecule has 168 valence electrons. The van der Waals surface area contributed by atoms with Crippen molar-refractivity contribution in [3.05, 3.63) is 63.8 Å². The standard InChI is InChI=1S/C20H16Cl2N8O3/c1-10(11-3-6-13(32-2)7-4-11)24-26-20(31)16-17(12-5-8-14(21)15(22)9-12)30(29-25-16)19-18(23)27-33-28-19/h3-9H,1-2H3,(H2,23,27)(H,26,31). The Labute approximate surface area is 197 Å². The van der Waals surface area contributed by atoms with E-state index in [9.17, 15) is 4.79 Å². The number of halogens is 2. The highest BCUT2D eigenvalue weighted by Gasteiger charge is 2.25. The van der Waals surface area contributed by atoms with Gasteiger partial charge in [-0.1, -0.05) is 34.5 Å². The summed E-state index contributed by atoms with van der Waals surface area (Å²) in [4.78, 5) is 13.0. The maximum Gasteiger partial charge on any atom is 0.294 e. The van der Waals surface area contributed by atoms with Crippen molar-refractivity contribution in [2.75, 3.05) is 12.8 Å². The van der Waals surface area contributed by atoms with Gasteiger partial charge in [-0.05, 0) is 59.2 Å². The predicted octanol–water partition coefficient (Wildman–Crippen LogP) is 3.37. The number of carbonyl (C=O) groups excluding carboxylic acids is 1. The number of benzene rings is 2. The monoisotopic (exact) mass is 486 g/mol. The molecule has 11 nitrogen and oxygen atoms in total. The number of nitrogen functional groups attached to an aromatic ring is 1. The average Bonchev–Trinajstić information content (AvgIpc) is 3.45. The van der Waals surface area contributed by atoms with E-state index in [-0.39, 0.29) is 28.0 Å². The third-order valence-electron chi connectivity index (χ3n) is 4.61. The van der Waals surface area contributed by atoms with E-state index in [0.29, 0.717) is 22.0 Å². The van der Waals surface area contributed by atoms with Crippen molar-refractivity contribution >= 4 is 40.6 Å². The molecule has 4 aromatic rings. The highest BCUT2D eigenvalue weighted by atomic mass is 35.5. The number of hydrazone groups is 1. The lowest BCUT2D eigenvalue weighted by Crippen LogP contribution is -2.21. The normalized spacial score (nSPS) is 11.5. The van der Waals surface area contributed by atoms with Gasteiger partial charge >= 0.3 is 0 Å². The molecule has 0 spiro atoms. The molecule has 3 N–H and O–H groups in total. The number of anilines is 1. The van der Waals surface area contributed by atoms with Crippen LogP contribution in [0.5, 0.6) is 5.75 Å². The second kappa shape index (κ2) is 9.27. The number of nitrogens with zero attached hydrogens (tertiary/aromatic N) is 6. The number of aromatic nitrogens is 5. The van der Waals surface area contributed by atoms with E-state index in [4.69, 9.17) is 33.7 Å². The van der Waals surface area contributed by atoms with Crippen molar-refractivity contribution in [1.29, 1.82) is 0 Å². The second-order valence-electron chi connectivity index (χ2n) is 6.67. The summed E-state index contributed by atoms with van der Waals surface area (Å²) in [5, 5.41) is 20.0. The average molecular weight is 487 g/mol. The highest BCUT2D eigenvalue weighted by molar-refractivity contribution is 6.42. The van der Waals surface area contributed by atoms with Crippen LogP contribution in [0.25, 0.3) is 17.1 Å². The van der Waals surface area contributed by atoms with Gasteiger partial charge in [0.05, 0.1) is 22.9 Å². The van der Waals surface area contributed by atoms with Crippen LogP contribution in [-0.2, 0) is 0 Å². The fourth-order valence-corrected chi connectivity index (χ4v) is 3.21. The van der Waals surface area contributed by atoms with Crippen LogP contribution in [0.4, 0.5) is 5.82 Å². The van der Waals surface area contributed by atoms with E-state index in [1.807, 2.05) is 12.1 Å². The molecule has 0 saturated heterocycles. The molecule has 33 heavy (non-hydrogen) atoms. The minimum atomic E-state index is -0.620.